The number of hydrogen-bond acceptors (Lipinski definition) is 4. The average molecular weight is 376 g/mol. The highest BCUT2D eigenvalue weighted by Crippen LogP contribution is 2.29. The van der Waals surface area contributed by atoms with Gasteiger partial charge in [0, 0.05) is 37.3 Å². The first-order chi connectivity index (χ1) is 13.7. The first-order valence-corrected chi connectivity index (χ1v) is 9.46. The third-order valence-corrected chi connectivity index (χ3v) is 5.13. The maximum absolute atomic E-state index is 12.5. The van der Waals surface area contributed by atoms with Gasteiger partial charge in [-0.05, 0) is 36.8 Å². The van der Waals surface area contributed by atoms with Crippen LogP contribution in [-0.2, 0) is 0 Å². The highest BCUT2D eigenvalue weighted by molar-refractivity contribution is 5.90. The Morgan fingerprint density at radius 1 is 1.04 bits per heavy atom. The number of methoxy groups -OCH3 is 1. The van der Waals surface area contributed by atoms with Crippen LogP contribution in [0.2, 0.25) is 0 Å². The number of piperazine rings is 1. The number of benzene rings is 2. The zero-order chi connectivity index (χ0) is 19.5. The minimum absolute atomic E-state index is 0.0600. The highest BCUT2D eigenvalue weighted by atomic mass is 16.5. The lowest BCUT2D eigenvalue weighted by atomic mass is 10.1. The average Bonchev–Trinajstić information content (AvgIpc) is 2.74. The second-order valence-electron chi connectivity index (χ2n) is 6.92. The molecule has 6 heteroatoms. The lowest BCUT2D eigenvalue weighted by molar-refractivity contribution is 0.208. The molecule has 2 amide bonds. The molecule has 4 rings (SSSR count). The summed E-state index contributed by atoms with van der Waals surface area (Å²) in [5, 5.41) is 4.05. The fourth-order valence-corrected chi connectivity index (χ4v) is 3.56. The number of hydrogen-bond donors (Lipinski definition) is 1. The minimum Gasteiger partial charge on any atom is -0.494 e. The molecule has 1 aliphatic rings. The van der Waals surface area contributed by atoms with Crippen LogP contribution < -0.4 is 15.0 Å². The summed E-state index contributed by atoms with van der Waals surface area (Å²) in [6.45, 7) is 4.90. The topological polar surface area (TPSA) is 57.7 Å². The number of para-hydroxylation sites is 2. The minimum atomic E-state index is -0.0600. The van der Waals surface area contributed by atoms with Gasteiger partial charge in [-0.2, -0.15) is 0 Å². The number of amides is 2. The Kier molecular flexibility index (Phi) is 5.02. The highest BCUT2D eigenvalue weighted by Gasteiger charge is 2.22. The fraction of sp³-hybridized carbons (Fsp3) is 0.273. The third kappa shape index (κ3) is 3.58. The van der Waals surface area contributed by atoms with Crippen molar-refractivity contribution in [2.45, 2.75) is 6.92 Å². The van der Waals surface area contributed by atoms with Gasteiger partial charge in [-0.25, -0.2) is 9.78 Å². The molecule has 2 heterocycles. The standard InChI is InChI=1S/C22H24N4O2/c1-16-15-20(24-21-18(16)9-6-10-19(21)28-2)25-11-13-26(14-12-25)22(27)23-17-7-4-3-5-8-17/h3-10,15H,11-14H2,1-2H3,(H,23,27). The largest absolute Gasteiger partial charge is 0.494 e. The predicted molar refractivity (Wildman–Crippen MR) is 112 cm³/mol. The van der Waals surface area contributed by atoms with E-state index in [4.69, 9.17) is 9.72 Å². The van der Waals surface area contributed by atoms with Gasteiger partial charge in [-0.15, -0.1) is 0 Å². The van der Waals surface area contributed by atoms with Gasteiger partial charge in [0.1, 0.15) is 17.1 Å². The number of carbonyl (C=O) groups is 1. The maximum atomic E-state index is 12.5. The van der Waals surface area contributed by atoms with Crippen LogP contribution in [0.25, 0.3) is 10.9 Å². The second-order valence-corrected chi connectivity index (χ2v) is 6.92. The number of nitrogens with zero attached hydrogens (tertiary/aromatic N) is 3. The van der Waals surface area contributed by atoms with E-state index in [0.29, 0.717) is 13.1 Å². The zero-order valence-corrected chi connectivity index (χ0v) is 16.2. The SMILES string of the molecule is COc1cccc2c(C)cc(N3CCN(C(=O)Nc4ccccc4)CC3)nc12. The van der Waals surface area contributed by atoms with Crippen molar-refractivity contribution in [3.05, 3.63) is 60.2 Å². The summed E-state index contributed by atoms with van der Waals surface area (Å²) < 4.78 is 5.49. The van der Waals surface area contributed by atoms with Crippen LogP contribution in [0.1, 0.15) is 5.56 Å². The molecule has 1 saturated heterocycles. The number of rotatable bonds is 3. The van der Waals surface area contributed by atoms with E-state index in [1.54, 1.807) is 7.11 Å². The molecule has 3 aromatic rings. The number of anilines is 2. The van der Waals surface area contributed by atoms with Gasteiger partial charge < -0.3 is 19.9 Å². The van der Waals surface area contributed by atoms with Gasteiger partial charge in [-0.1, -0.05) is 30.3 Å². The summed E-state index contributed by atoms with van der Waals surface area (Å²) in [7, 11) is 1.67. The number of urea groups is 1. The van der Waals surface area contributed by atoms with Gasteiger partial charge in [0.05, 0.1) is 7.11 Å². The first kappa shape index (κ1) is 18.1. The number of ether oxygens (including phenoxy) is 1. The van der Waals surface area contributed by atoms with E-state index in [-0.39, 0.29) is 6.03 Å². The summed E-state index contributed by atoms with van der Waals surface area (Å²) in [6.07, 6.45) is 0. The lowest BCUT2D eigenvalue weighted by Gasteiger charge is -2.35. The van der Waals surface area contributed by atoms with E-state index in [1.807, 2.05) is 47.4 Å². The molecule has 144 valence electrons. The molecule has 2 aromatic carbocycles. The number of aryl methyl sites for hydroxylation is 1. The van der Waals surface area contributed by atoms with Gasteiger partial charge in [0.15, 0.2) is 0 Å². The first-order valence-electron chi connectivity index (χ1n) is 9.46. The molecule has 0 radical (unpaired) electrons. The molecular formula is C22H24N4O2. The number of fused-ring (bicyclic) bond motifs is 1. The molecule has 0 saturated carbocycles. The van der Waals surface area contributed by atoms with Gasteiger partial charge >= 0.3 is 6.03 Å². The van der Waals surface area contributed by atoms with Crippen LogP contribution in [0.15, 0.2) is 54.6 Å². The Hall–Kier alpha value is -3.28. The molecule has 0 unspecified atom stereocenters. The molecule has 6 nitrogen and oxygen atoms in total. The van der Waals surface area contributed by atoms with E-state index >= 15 is 0 Å². The van der Waals surface area contributed by atoms with Gasteiger partial charge in [-0.3, -0.25) is 0 Å². The summed E-state index contributed by atoms with van der Waals surface area (Å²) >= 11 is 0. The van der Waals surface area contributed by atoms with E-state index in [2.05, 4.69) is 29.3 Å². The van der Waals surface area contributed by atoms with Crippen molar-refractivity contribution in [2.24, 2.45) is 0 Å². The lowest BCUT2D eigenvalue weighted by Crippen LogP contribution is -2.50. The Morgan fingerprint density at radius 2 is 1.79 bits per heavy atom. The molecular weight excluding hydrogens is 352 g/mol. The number of pyridine rings is 1. The van der Waals surface area contributed by atoms with Crippen molar-refractivity contribution in [3.63, 3.8) is 0 Å². The molecule has 1 N–H and O–H groups in total. The third-order valence-electron chi connectivity index (χ3n) is 5.13. The molecule has 0 atom stereocenters. The van der Waals surface area contributed by atoms with E-state index in [1.165, 1.54) is 5.56 Å². The van der Waals surface area contributed by atoms with E-state index in [9.17, 15) is 4.79 Å². The Labute approximate surface area is 164 Å². The maximum Gasteiger partial charge on any atom is 0.321 e. The Bertz CT molecular complexity index is 982. The molecule has 1 fully saturated rings. The summed E-state index contributed by atoms with van der Waals surface area (Å²) in [5.74, 6) is 1.71. The molecule has 0 aliphatic carbocycles. The molecule has 1 aromatic heterocycles. The number of aromatic nitrogens is 1. The normalized spacial score (nSPS) is 14.2. The van der Waals surface area contributed by atoms with Crippen LogP contribution >= 0.6 is 0 Å². The summed E-state index contributed by atoms with van der Waals surface area (Å²) in [6, 6.07) is 17.6. The van der Waals surface area contributed by atoms with Crippen molar-refractivity contribution >= 4 is 28.4 Å². The zero-order valence-electron chi connectivity index (χ0n) is 16.2. The van der Waals surface area contributed by atoms with Crippen molar-refractivity contribution in [2.75, 3.05) is 43.5 Å². The number of carbonyl (C=O) groups excluding carboxylic acids is 1. The quantitative estimate of drug-likeness (QED) is 0.753. The molecule has 0 spiro atoms. The van der Waals surface area contributed by atoms with Crippen molar-refractivity contribution in [1.82, 2.24) is 9.88 Å². The van der Waals surface area contributed by atoms with Crippen molar-refractivity contribution < 1.29 is 9.53 Å². The molecule has 1 aliphatic heterocycles. The van der Waals surface area contributed by atoms with E-state index in [0.717, 1.165) is 41.2 Å². The molecule has 28 heavy (non-hydrogen) atoms. The van der Waals surface area contributed by atoms with Gasteiger partial charge in [0.2, 0.25) is 0 Å². The Balaban J connectivity index is 1.47. The van der Waals surface area contributed by atoms with Crippen LogP contribution in [-0.4, -0.2) is 49.2 Å². The molecule has 0 bridgehead atoms. The fourth-order valence-electron chi connectivity index (χ4n) is 3.56. The Morgan fingerprint density at radius 3 is 2.50 bits per heavy atom. The smallest absolute Gasteiger partial charge is 0.321 e. The van der Waals surface area contributed by atoms with Crippen LogP contribution in [0.5, 0.6) is 5.75 Å². The predicted octanol–water partition coefficient (Wildman–Crippen LogP) is 3.91. The van der Waals surface area contributed by atoms with Gasteiger partial charge in [0.25, 0.3) is 0 Å². The van der Waals surface area contributed by atoms with Crippen LogP contribution in [0.4, 0.5) is 16.3 Å². The number of nitrogens with one attached hydrogen (secondary N) is 1. The monoisotopic (exact) mass is 376 g/mol. The van der Waals surface area contributed by atoms with Crippen molar-refractivity contribution in [1.29, 1.82) is 0 Å². The second kappa shape index (κ2) is 7.76. The summed E-state index contributed by atoms with van der Waals surface area (Å²) in [5.41, 5.74) is 2.86. The summed E-state index contributed by atoms with van der Waals surface area (Å²) in [4.78, 5) is 21.4. The van der Waals surface area contributed by atoms with Crippen LogP contribution in [0, 0.1) is 6.92 Å². The van der Waals surface area contributed by atoms with E-state index < -0.39 is 0 Å². The van der Waals surface area contributed by atoms with Crippen molar-refractivity contribution in [3.8, 4) is 5.75 Å². The van der Waals surface area contributed by atoms with Crippen LogP contribution in [0.3, 0.4) is 0 Å².